The zero-order valence-corrected chi connectivity index (χ0v) is 16.1. The van der Waals surface area contributed by atoms with Gasteiger partial charge in [0.15, 0.2) is 0 Å². The lowest BCUT2D eigenvalue weighted by atomic mass is 10.1. The van der Waals surface area contributed by atoms with Gasteiger partial charge < -0.3 is 24.7 Å². The van der Waals surface area contributed by atoms with E-state index in [4.69, 9.17) is 9.47 Å². The highest BCUT2D eigenvalue weighted by atomic mass is 16.5. The van der Waals surface area contributed by atoms with Crippen molar-refractivity contribution < 1.29 is 19.1 Å². The molecule has 2 N–H and O–H groups in total. The van der Waals surface area contributed by atoms with Crippen LogP contribution in [0.4, 0.5) is 5.69 Å². The highest BCUT2D eigenvalue weighted by molar-refractivity contribution is 6.05. The van der Waals surface area contributed by atoms with Gasteiger partial charge in [0.2, 0.25) is 5.91 Å². The van der Waals surface area contributed by atoms with E-state index < -0.39 is 0 Å². The summed E-state index contributed by atoms with van der Waals surface area (Å²) in [6, 6.07) is 12.8. The van der Waals surface area contributed by atoms with E-state index in [2.05, 4.69) is 10.6 Å². The number of fused-ring (bicyclic) bond motifs is 1. The third-order valence-electron chi connectivity index (χ3n) is 4.47. The van der Waals surface area contributed by atoms with E-state index >= 15 is 0 Å². The molecule has 0 bridgehead atoms. The van der Waals surface area contributed by atoms with Crippen LogP contribution in [0.1, 0.15) is 15.9 Å². The van der Waals surface area contributed by atoms with Crippen LogP contribution in [0.2, 0.25) is 0 Å². The van der Waals surface area contributed by atoms with Crippen molar-refractivity contribution in [1.29, 1.82) is 0 Å². The smallest absolute Gasteiger partial charge is 0.255 e. The fourth-order valence-corrected chi connectivity index (χ4v) is 3.00. The summed E-state index contributed by atoms with van der Waals surface area (Å²) >= 11 is 0. The predicted molar refractivity (Wildman–Crippen MR) is 108 cm³/mol. The number of carbonyl (C=O) groups is 2. The van der Waals surface area contributed by atoms with Gasteiger partial charge >= 0.3 is 0 Å². The zero-order valence-electron chi connectivity index (χ0n) is 16.1. The van der Waals surface area contributed by atoms with E-state index in [-0.39, 0.29) is 18.4 Å². The molecule has 7 heteroatoms. The molecule has 1 aromatic heterocycles. The Bertz CT molecular complexity index is 1010. The quantitative estimate of drug-likeness (QED) is 0.659. The summed E-state index contributed by atoms with van der Waals surface area (Å²) < 4.78 is 12.3. The molecule has 28 heavy (non-hydrogen) atoms. The average molecular weight is 381 g/mol. The van der Waals surface area contributed by atoms with Crippen LogP contribution in [-0.4, -0.2) is 37.6 Å². The molecule has 1 heterocycles. The van der Waals surface area contributed by atoms with Gasteiger partial charge in [-0.2, -0.15) is 0 Å². The summed E-state index contributed by atoms with van der Waals surface area (Å²) in [5.74, 6) is 0.269. The Balaban J connectivity index is 1.83. The molecule has 146 valence electrons. The third-order valence-corrected chi connectivity index (χ3v) is 4.47. The minimum absolute atomic E-state index is 0.0878. The lowest BCUT2D eigenvalue weighted by Crippen LogP contribution is -2.23. The van der Waals surface area contributed by atoms with Gasteiger partial charge in [-0.3, -0.25) is 9.59 Å². The molecule has 0 aliphatic heterocycles. The summed E-state index contributed by atoms with van der Waals surface area (Å²) in [5.41, 5.74) is 2.87. The van der Waals surface area contributed by atoms with Crippen molar-refractivity contribution in [2.45, 2.75) is 13.2 Å². The molecule has 0 unspecified atom stereocenters. The molecule has 3 aromatic rings. The first-order valence-corrected chi connectivity index (χ1v) is 8.82. The first kappa shape index (κ1) is 19.4. The molecule has 2 aromatic carbocycles. The molecule has 0 fully saturated rings. The summed E-state index contributed by atoms with van der Waals surface area (Å²) in [5, 5.41) is 6.50. The maximum atomic E-state index is 12.7. The molecule has 7 nitrogen and oxygen atoms in total. The SMILES string of the molecule is CNC(=O)Cn1ccc2ccc(NC(=O)c3ccc(COC)c(OC)c3)cc21. The number of anilines is 1. The highest BCUT2D eigenvalue weighted by Gasteiger charge is 2.12. The van der Waals surface area contributed by atoms with Crippen LogP contribution in [0.15, 0.2) is 48.7 Å². The Morgan fingerprint density at radius 2 is 1.89 bits per heavy atom. The Morgan fingerprint density at radius 1 is 1.07 bits per heavy atom. The molecule has 0 spiro atoms. The van der Waals surface area contributed by atoms with Crippen molar-refractivity contribution in [2.24, 2.45) is 0 Å². The zero-order chi connectivity index (χ0) is 20.1. The summed E-state index contributed by atoms with van der Waals surface area (Å²) in [4.78, 5) is 24.3. The second-order valence-corrected chi connectivity index (χ2v) is 6.30. The average Bonchev–Trinajstić information content (AvgIpc) is 3.10. The summed E-state index contributed by atoms with van der Waals surface area (Å²) in [6.45, 7) is 0.625. The van der Waals surface area contributed by atoms with Crippen molar-refractivity contribution in [3.63, 3.8) is 0 Å². The molecule has 0 saturated heterocycles. The van der Waals surface area contributed by atoms with Crippen LogP contribution in [0, 0.1) is 0 Å². The lowest BCUT2D eigenvalue weighted by Gasteiger charge is -2.11. The molecule has 0 radical (unpaired) electrons. The number of rotatable bonds is 7. The lowest BCUT2D eigenvalue weighted by molar-refractivity contribution is -0.121. The third kappa shape index (κ3) is 4.15. The Kier molecular flexibility index (Phi) is 5.96. The van der Waals surface area contributed by atoms with Gasteiger partial charge in [-0.1, -0.05) is 12.1 Å². The van der Waals surface area contributed by atoms with Crippen molar-refractivity contribution in [3.8, 4) is 5.75 Å². The Labute approximate surface area is 163 Å². The van der Waals surface area contributed by atoms with Crippen LogP contribution in [0.25, 0.3) is 10.9 Å². The van der Waals surface area contributed by atoms with Crippen LogP contribution in [0.5, 0.6) is 5.75 Å². The Hall–Kier alpha value is -3.32. The number of ether oxygens (including phenoxy) is 2. The van der Waals surface area contributed by atoms with Gasteiger partial charge in [0.05, 0.1) is 19.2 Å². The number of hydrogen-bond acceptors (Lipinski definition) is 4. The maximum absolute atomic E-state index is 12.7. The molecule has 0 saturated carbocycles. The van der Waals surface area contributed by atoms with Gasteiger partial charge in [0.1, 0.15) is 12.3 Å². The van der Waals surface area contributed by atoms with E-state index in [1.54, 1.807) is 33.4 Å². The molecule has 0 aliphatic rings. The van der Waals surface area contributed by atoms with E-state index in [1.807, 2.05) is 41.1 Å². The molecule has 3 rings (SSSR count). The number of methoxy groups -OCH3 is 2. The molecule has 2 amide bonds. The number of nitrogens with zero attached hydrogens (tertiary/aromatic N) is 1. The minimum atomic E-state index is -0.244. The van der Waals surface area contributed by atoms with Gasteiger partial charge in [-0.05, 0) is 35.7 Å². The predicted octanol–water partition coefficient (Wildman–Crippen LogP) is 2.79. The topological polar surface area (TPSA) is 81.6 Å². The van der Waals surface area contributed by atoms with Crippen LogP contribution in [0.3, 0.4) is 0 Å². The fourth-order valence-electron chi connectivity index (χ4n) is 3.00. The van der Waals surface area contributed by atoms with Crippen LogP contribution >= 0.6 is 0 Å². The number of amides is 2. The normalized spacial score (nSPS) is 10.7. The number of carbonyl (C=O) groups excluding carboxylic acids is 2. The van der Waals surface area contributed by atoms with Crippen molar-refractivity contribution in [1.82, 2.24) is 9.88 Å². The summed E-state index contributed by atoms with van der Waals surface area (Å²) in [6.07, 6.45) is 1.85. The number of benzene rings is 2. The molecular weight excluding hydrogens is 358 g/mol. The van der Waals surface area contributed by atoms with Gasteiger partial charge in [-0.15, -0.1) is 0 Å². The molecule has 0 atom stereocenters. The highest BCUT2D eigenvalue weighted by Crippen LogP contribution is 2.24. The van der Waals surface area contributed by atoms with Crippen molar-refractivity contribution in [2.75, 3.05) is 26.6 Å². The van der Waals surface area contributed by atoms with E-state index in [0.717, 1.165) is 16.5 Å². The van der Waals surface area contributed by atoms with Crippen molar-refractivity contribution in [3.05, 3.63) is 59.8 Å². The first-order chi connectivity index (χ1) is 13.5. The number of likely N-dealkylation sites (N-methyl/N-ethyl adjacent to an activating group) is 1. The fraction of sp³-hybridized carbons (Fsp3) is 0.238. The van der Waals surface area contributed by atoms with E-state index in [1.165, 1.54) is 0 Å². The summed E-state index contributed by atoms with van der Waals surface area (Å²) in [7, 11) is 4.77. The van der Waals surface area contributed by atoms with E-state index in [9.17, 15) is 9.59 Å². The van der Waals surface area contributed by atoms with Crippen LogP contribution < -0.4 is 15.4 Å². The minimum Gasteiger partial charge on any atom is -0.496 e. The standard InChI is InChI=1S/C21H23N3O4/c1-22-20(25)12-24-9-8-14-6-7-17(11-18(14)24)23-21(26)15-4-5-16(13-27-2)19(10-15)28-3/h4-11H,12-13H2,1-3H3,(H,22,25)(H,23,26). The Morgan fingerprint density at radius 3 is 2.61 bits per heavy atom. The maximum Gasteiger partial charge on any atom is 0.255 e. The second kappa shape index (κ2) is 8.58. The number of hydrogen-bond donors (Lipinski definition) is 2. The van der Waals surface area contributed by atoms with Gasteiger partial charge in [0.25, 0.3) is 5.91 Å². The van der Waals surface area contributed by atoms with Gasteiger partial charge in [-0.25, -0.2) is 0 Å². The first-order valence-electron chi connectivity index (χ1n) is 8.82. The van der Waals surface area contributed by atoms with Crippen LogP contribution in [-0.2, 0) is 22.7 Å². The van der Waals surface area contributed by atoms with E-state index in [0.29, 0.717) is 23.6 Å². The molecular formula is C21H23N3O4. The number of aromatic nitrogens is 1. The number of nitrogens with one attached hydrogen (secondary N) is 2. The second-order valence-electron chi connectivity index (χ2n) is 6.30. The monoisotopic (exact) mass is 381 g/mol. The van der Waals surface area contributed by atoms with Crippen molar-refractivity contribution >= 4 is 28.4 Å². The molecule has 0 aliphatic carbocycles. The van der Waals surface area contributed by atoms with Gasteiger partial charge in [0, 0.05) is 37.2 Å². The largest absolute Gasteiger partial charge is 0.496 e.